The summed E-state index contributed by atoms with van der Waals surface area (Å²) in [5, 5.41) is 20.6. The standard InChI is InChI=1S/C16H14ClN5O3/c17-12-6-7-13-15(14(12)16(24)18-8-9-21(25)10-23)22(20-19-13)11-4-2-1-3-5-11/h1-7,10,25H,8-9H2,(H,18,24). The first-order valence-corrected chi connectivity index (χ1v) is 7.78. The molecule has 0 aliphatic heterocycles. The Bertz CT molecular complexity index is 913. The van der Waals surface area contributed by atoms with E-state index in [1.54, 1.807) is 16.8 Å². The predicted molar refractivity (Wildman–Crippen MR) is 90.8 cm³/mol. The number of hydrogen-bond donors (Lipinski definition) is 2. The quantitative estimate of drug-likeness (QED) is 0.396. The molecule has 0 unspecified atom stereocenters. The summed E-state index contributed by atoms with van der Waals surface area (Å²) in [6.45, 7) is 0.0206. The highest BCUT2D eigenvalue weighted by molar-refractivity contribution is 6.35. The lowest BCUT2D eigenvalue weighted by Crippen LogP contribution is -2.33. The molecule has 2 aromatic carbocycles. The van der Waals surface area contributed by atoms with Gasteiger partial charge in [0, 0.05) is 6.54 Å². The van der Waals surface area contributed by atoms with Gasteiger partial charge in [0.25, 0.3) is 5.91 Å². The molecule has 0 aliphatic rings. The fourth-order valence-corrected chi connectivity index (χ4v) is 2.62. The van der Waals surface area contributed by atoms with Crippen molar-refractivity contribution in [3.8, 4) is 5.69 Å². The minimum absolute atomic E-state index is 0.0426. The maximum Gasteiger partial charge on any atom is 0.255 e. The second-order valence-electron chi connectivity index (χ2n) is 5.15. The highest BCUT2D eigenvalue weighted by Crippen LogP contribution is 2.26. The summed E-state index contributed by atoms with van der Waals surface area (Å²) >= 11 is 6.24. The summed E-state index contributed by atoms with van der Waals surface area (Å²) in [4.78, 5) is 22.9. The lowest BCUT2D eigenvalue weighted by atomic mass is 10.1. The molecule has 0 saturated heterocycles. The van der Waals surface area contributed by atoms with Crippen molar-refractivity contribution in [2.75, 3.05) is 13.1 Å². The summed E-state index contributed by atoms with van der Waals surface area (Å²) in [7, 11) is 0. The first-order valence-electron chi connectivity index (χ1n) is 7.40. The molecule has 0 saturated carbocycles. The van der Waals surface area contributed by atoms with E-state index in [1.165, 1.54) is 0 Å². The average Bonchev–Trinajstić information content (AvgIpc) is 3.06. The van der Waals surface area contributed by atoms with Crippen LogP contribution in [0.5, 0.6) is 0 Å². The summed E-state index contributed by atoms with van der Waals surface area (Å²) < 4.78 is 1.54. The molecule has 1 aromatic heterocycles. The Morgan fingerprint density at radius 2 is 2.04 bits per heavy atom. The van der Waals surface area contributed by atoms with E-state index >= 15 is 0 Å². The maximum atomic E-state index is 12.6. The van der Waals surface area contributed by atoms with Crippen LogP contribution in [-0.4, -0.2) is 50.7 Å². The number of benzene rings is 2. The van der Waals surface area contributed by atoms with Crippen LogP contribution in [0.3, 0.4) is 0 Å². The van der Waals surface area contributed by atoms with Gasteiger partial charge in [0.1, 0.15) is 11.0 Å². The number of carbonyl (C=O) groups excluding carboxylic acids is 2. The monoisotopic (exact) mass is 359 g/mol. The third-order valence-electron chi connectivity index (χ3n) is 3.54. The normalized spacial score (nSPS) is 10.6. The predicted octanol–water partition coefficient (Wildman–Crippen LogP) is 1.65. The molecule has 0 aliphatic carbocycles. The van der Waals surface area contributed by atoms with Gasteiger partial charge < -0.3 is 5.32 Å². The van der Waals surface area contributed by atoms with Crippen molar-refractivity contribution in [3.63, 3.8) is 0 Å². The SMILES string of the molecule is O=CN(O)CCNC(=O)c1c(Cl)ccc2nnn(-c3ccccc3)c12. The molecule has 2 amide bonds. The number of nitrogens with one attached hydrogen (secondary N) is 1. The van der Waals surface area contributed by atoms with Crippen LogP contribution in [0.4, 0.5) is 0 Å². The van der Waals surface area contributed by atoms with Crippen LogP contribution in [-0.2, 0) is 4.79 Å². The summed E-state index contributed by atoms with van der Waals surface area (Å²) in [5.41, 5.74) is 1.97. The van der Waals surface area contributed by atoms with Crippen molar-refractivity contribution in [1.82, 2.24) is 25.4 Å². The Kier molecular flexibility index (Phi) is 4.92. The van der Waals surface area contributed by atoms with E-state index in [0.29, 0.717) is 16.1 Å². The molecule has 1 heterocycles. The summed E-state index contributed by atoms with van der Waals surface area (Å²) in [6, 6.07) is 12.5. The first-order chi connectivity index (χ1) is 12.1. The van der Waals surface area contributed by atoms with Crippen molar-refractivity contribution in [1.29, 1.82) is 0 Å². The van der Waals surface area contributed by atoms with Gasteiger partial charge in [-0.2, -0.15) is 0 Å². The Balaban J connectivity index is 1.99. The van der Waals surface area contributed by atoms with E-state index < -0.39 is 5.91 Å². The number of hydrogen-bond acceptors (Lipinski definition) is 5. The molecule has 2 N–H and O–H groups in total. The maximum absolute atomic E-state index is 12.6. The van der Waals surface area contributed by atoms with Gasteiger partial charge in [0.05, 0.1) is 22.8 Å². The smallest absolute Gasteiger partial charge is 0.255 e. The topological polar surface area (TPSA) is 100 Å². The zero-order chi connectivity index (χ0) is 17.8. The van der Waals surface area contributed by atoms with Crippen molar-refractivity contribution < 1.29 is 14.8 Å². The molecular formula is C16H14ClN5O3. The summed E-state index contributed by atoms with van der Waals surface area (Å²) in [6.07, 6.45) is 0.258. The third-order valence-corrected chi connectivity index (χ3v) is 3.85. The number of amides is 2. The van der Waals surface area contributed by atoms with Crippen LogP contribution in [0, 0.1) is 0 Å². The van der Waals surface area contributed by atoms with E-state index in [0.717, 1.165) is 5.69 Å². The molecule has 0 bridgehead atoms. The molecule has 9 heteroatoms. The number of carbonyl (C=O) groups is 2. The fourth-order valence-electron chi connectivity index (χ4n) is 2.38. The van der Waals surface area contributed by atoms with Gasteiger partial charge in [-0.05, 0) is 24.3 Å². The lowest BCUT2D eigenvalue weighted by molar-refractivity contribution is -0.149. The van der Waals surface area contributed by atoms with Gasteiger partial charge in [-0.25, -0.2) is 9.75 Å². The molecule has 0 spiro atoms. The minimum Gasteiger partial charge on any atom is -0.350 e. The van der Waals surface area contributed by atoms with Crippen molar-refractivity contribution in [3.05, 3.63) is 53.1 Å². The molecule has 128 valence electrons. The van der Waals surface area contributed by atoms with Gasteiger partial charge in [0.15, 0.2) is 0 Å². The van der Waals surface area contributed by atoms with Crippen LogP contribution in [0.1, 0.15) is 10.4 Å². The molecule has 8 nitrogen and oxygen atoms in total. The van der Waals surface area contributed by atoms with E-state index in [9.17, 15) is 9.59 Å². The van der Waals surface area contributed by atoms with Gasteiger partial charge in [0.2, 0.25) is 6.41 Å². The third kappa shape index (κ3) is 3.44. The largest absolute Gasteiger partial charge is 0.350 e. The van der Waals surface area contributed by atoms with E-state index in [4.69, 9.17) is 16.8 Å². The highest BCUT2D eigenvalue weighted by atomic mass is 35.5. The molecule has 25 heavy (non-hydrogen) atoms. The van der Waals surface area contributed by atoms with Gasteiger partial charge in [-0.1, -0.05) is 35.0 Å². The van der Waals surface area contributed by atoms with E-state index in [-0.39, 0.29) is 30.1 Å². The number of aromatic nitrogens is 3. The molecule has 0 atom stereocenters. The van der Waals surface area contributed by atoms with Gasteiger partial charge >= 0.3 is 0 Å². The zero-order valence-electron chi connectivity index (χ0n) is 13.0. The average molecular weight is 360 g/mol. The number of para-hydroxylation sites is 1. The van der Waals surface area contributed by atoms with Crippen LogP contribution in [0.15, 0.2) is 42.5 Å². The first kappa shape index (κ1) is 16.9. The Morgan fingerprint density at radius 1 is 1.28 bits per heavy atom. The number of rotatable bonds is 6. The molecule has 3 rings (SSSR count). The number of nitrogens with zero attached hydrogens (tertiary/aromatic N) is 4. The van der Waals surface area contributed by atoms with Crippen molar-refractivity contribution in [2.24, 2.45) is 0 Å². The second-order valence-corrected chi connectivity index (χ2v) is 5.56. The van der Waals surface area contributed by atoms with Crippen LogP contribution >= 0.6 is 11.6 Å². The number of hydroxylamine groups is 2. The van der Waals surface area contributed by atoms with Crippen LogP contribution in [0.2, 0.25) is 5.02 Å². The molecular weight excluding hydrogens is 346 g/mol. The summed E-state index contributed by atoms with van der Waals surface area (Å²) in [5.74, 6) is -0.450. The van der Waals surface area contributed by atoms with Gasteiger partial charge in [-0.3, -0.25) is 14.8 Å². The van der Waals surface area contributed by atoms with Crippen LogP contribution < -0.4 is 5.32 Å². The molecule has 0 fully saturated rings. The molecule has 0 radical (unpaired) electrons. The minimum atomic E-state index is -0.450. The zero-order valence-corrected chi connectivity index (χ0v) is 13.7. The van der Waals surface area contributed by atoms with E-state index in [2.05, 4.69) is 15.6 Å². The Hall–Kier alpha value is -2.97. The number of halogens is 1. The van der Waals surface area contributed by atoms with E-state index in [1.807, 2.05) is 30.3 Å². The Labute approximate surface area is 147 Å². The van der Waals surface area contributed by atoms with Crippen molar-refractivity contribution >= 4 is 35.0 Å². The lowest BCUT2D eigenvalue weighted by Gasteiger charge is -2.11. The van der Waals surface area contributed by atoms with Crippen LogP contribution in [0.25, 0.3) is 16.7 Å². The van der Waals surface area contributed by atoms with Crippen molar-refractivity contribution in [2.45, 2.75) is 0 Å². The molecule has 3 aromatic rings. The second kappa shape index (κ2) is 7.29. The Morgan fingerprint density at radius 3 is 2.76 bits per heavy atom. The number of fused-ring (bicyclic) bond motifs is 1. The highest BCUT2D eigenvalue weighted by Gasteiger charge is 2.20. The fraction of sp³-hybridized carbons (Fsp3) is 0.125. The van der Waals surface area contributed by atoms with Gasteiger partial charge in [-0.15, -0.1) is 5.10 Å².